The molecular weight excluding hydrogens is 300 g/mol. The number of carbonyl (C=O) groups excluding carboxylic acids is 1. The molecular formula is C16H25ClN4O. The number of urea groups is 1. The number of carbonyl (C=O) groups is 1. The molecule has 0 spiro atoms. The second-order valence-corrected chi connectivity index (χ2v) is 6.86. The van der Waals surface area contributed by atoms with Gasteiger partial charge in [0.15, 0.2) is 0 Å². The van der Waals surface area contributed by atoms with Gasteiger partial charge in [-0.05, 0) is 39.1 Å². The summed E-state index contributed by atoms with van der Waals surface area (Å²) in [6.07, 6.45) is 0. The lowest BCUT2D eigenvalue weighted by molar-refractivity contribution is 0.0636. The molecule has 122 valence electrons. The molecule has 0 saturated carbocycles. The summed E-state index contributed by atoms with van der Waals surface area (Å²) in [7, 11) is 2.14. The van der Waals surface area contributed by atoms with Crippen molar-refractivity contribution in [1.82, 2.24) is 15.1 Å². The first-order valence-corrected chi connectivity index (χ1v) is 7.99. The van der Waals surface area contributed by atoms with E-state index in [-0.39, 0.29) is 11.6 Å². The standard InChI is InChI=1S/C16H25ClN4O/c1-16(2,21-9-7-20(3)8-10-21)12-18-15(22)19-14-6-4-5-13(17)11-14/h4-6,11H,7-10,12H2,1-3H3,(H2,18,19,22). The van der Waals surface area contributed by atoms with Gasteiger partial charge in [0.25, 0.3) is 0 Å². The second kappa shape index (κ2) is 7.31. The Morgan fingerprint density at radius 2 is 1.95 bits per heavy atom. The average molecular weight is 325 g/mol. The van der Waals surface area contributed by atoms with Crippen molar-refractivity contribution in [2.45, 2.75) is 19.4 Å². The summed E-state index contributed by atoms with van der Waals surface area (Å²) in [4.78, 5) is 16.8. The molecule has 0 radical (unpaired) electrons. The van der Waals surface area contributed by atoms with Gasteiger partial charge < -0.3 is 15.5 Å². The van der Waals surface area contributed by atoms with Crippen LogP contribution in [-0.2, 0) is 0 Å². The quantitative estimate of drug-likeness (QED) is 0.894. The third-order valence-corrected chi connectivity index (χ3v) is 4.36. The van der Waals surface area contributed by atoms with Crippen molar-refractivity contribution in [1.29, 1.82) is 0 Å². The monoisotopic (exact) mass is 324 g/mol. The first-order chi connectivity index (χ1) is 10.4. The first-order valence-electron chi connectivity index (χ1n) is 7.61. The molecule has 1 aromatic rings. The van der Waals surface area contributed by atoms with E-state index >= 15 is 0 Å². The van der Waals surface area contributed by atoms with E-state index in [4.69, 9.17) is 11.6 Å². The number of piperazine rings is 1. The zero-order valence-electron chi connectivity index (χ0n) is 13.5. The molecule has 2 rings (SSSR count). The molecule has 0 aliphatic carbocycles. The molecule has 0 aromatic heterocycles. The van der Waals surface area contributed by atoms with E-state index in [1.807, 2.05) is 12.1 Å². The van der Waals surface area contributed by atoms with Crippen molar-refractivity contribution in [3.8, 4) is 0 Å². The summed E-state index contributed by atoms with van der Waals surface area (Å²) in [6.45, 7) is 9.12. The van der Waals surface area contributed by atoms with Gasteiger partial charge >= 0.3 is 6.03 Å². The molecule has 2 amide bonds. The van der Waals surface area contributed by atoms with Crippen molar-refractivity contribution >= 4 is 23.3 Å². The van der Waals surface area contributed by atoms with E-state index in [1.54, 1.807) is 12.1 Å². The number of hydrogen-bond donors (Lipinski definition) is 2. The molecule has 22 heavy (non-hydrogen) atoms. The van der Waals surface area contributed by atoms with E-state index in [9.17, 15) is 4.79 Å². The minimum atomic E-state index is -0.204. The Balaban J connectivity index is 1.82. The fraction of sp³-hybridized carbons (Fsp3) is 0.562. The molecule has 1 fully saturated rings. The van der Waals surface area contributed by atoms with Gasteiger partial charge in [-0.15, -0.1) is 0 Å². The van der Waals surface area contributed by atoms with Crippen LogP contribution >= 0.6 is 11.6 Å². The number of amides is 2. The Labute approximate surface area is 137 Å². The highest BCUT2D eigenvalue weighted by Crippen LogP contribution is 2.17. The van der Waals surface area contributed by atoms with Crippen molar-refractivity contribution in [2.75, 3.05) is 45.1 Å². The largest absolute Gasteiger partial charge is 0.336 e. The lowest BCUT2D eigenvalue weighted by Crippen LogP contribution is -2.58. The SMILES string of the molecule is CN1CCN(C(C)(C)CNC(=O)Nc2cccc(Cl)c2)CC1. The van der Waals surface area contributed by atoms with Gasteiger partial charge in [-0.1, -0.05) is 17.7 Å². The Hall–Kier alpha value is -1.30. The molecule has 6 heteroatoms. The van der Waals surface area contributed by atoms with Crippen LogP contribution in [0.15, 0.2) is 24.3 Å². The van der Waals surface area contributed by atoms with E-state index in [2.05, 4.69) is 41.3 Å². The first kappa shape index (κ1) is 17.1. The lowest BCUT2D eigenvalue weighted by Gasteiger charge is -2.43. The van der Waals surface area contributed by atoms with Crippen molar-refractivity contribution in [2.24, 2.45) is 0 Å². The number of nitrogens with zero attached hydrogens (tertiary/aromatic N) is 2. The lowest BCUT2D eigenvalue weighted by atomic mass is 10.0. The van der Waals surface area contributed by atoms with Crippen LogP contribution in [0.4, 0.5) is 10.5 Å². The molecule has 0 bridgehead atoms. The molecule has 2 N–H and O–H groups in total. The van der Waals surface area contributed by atoms with Crippen molar-refractivity contribution in [3.63, 3.8) is 0 Å². The van der Waals surface area contributed by atoms with Crippen molar-refractivity contribution < 1.29 is 4.79 Å². The summed E-state index contributed by atoms with van der Waals surface area (Å²) < 4.78 is 0. The normalized spacial score (nSPS) is 17.3. The fourth-order valence-corrected chi connectivity index (χ4v) is 2.75. The number of halogens is 1. The van der Waals surface area contributed by atoms with Gasteiger partial charge in [0.2, 0.25) is 0 Å². The second-order valence-electron chi connectivity index (χ2n) is 6.42. The number of hydrogen-bond acceptors (Lipinski definition) is 3. The molecule has 1 aromatic carbocycles. The van der Waals surface area contributed by atoms with Crippen LogP contribution in [0, 0.1) is 0 Å². The predicted molar refractivity (Wildman–Crippen MR) is 91.6 cm³/mol. The highest BCUT2D eigenvalue weighted by molar-refractivity contribution is 6.30. The molecule has 5 nitrogen and oxygen atoms in total. The van der Waals surface area contributed by atoms with Gasteiger partial charge in [0, 0.05) is 49.0 Å². The minimum absolute atomic E-state index is 0.0626. The Morgan fingerprint density at radius 3 is 2.59 bits per heavy atom. The summed E-state index contributed by atoms with van der Waals surface area (Å²) in [5, 5.41) is 6.36. The summed E-state index contributed by atoms with van der Waals surface area (Å²) in [5.41, 5.74) is 0.634. The van der Waals surface area contributed by atoms with E-state index in [0.29, 0.717) is 17.3 Å². The van der Waals surface area contributed by atoms with Gasteiger partial charge in [0.05, 0.1) is 0 Å². The molecule has 1 aliphatic rings. The van der Waals surface area contributed by atoms with Crippen LogP contribution in [0.3, 0.4) is 0 Å². The molecule has 0 atom stereocenters. The molecule has 1 saturated heterocycles. The molecule has 1 aliphatic heterocycles. The van der Waals surface area contributed by atoms with Crippen molar-refractivity contribution in [3.05, 3.63) is 29.3 Å². The summed E-state index contributed by atoms with van der Waals surface area (Å²) >= 11 is 5.91. The van der Waals surface area contributed by atoms with E-state index in [0.717, 1.165) is 26.2 Å². The number of anilines is 1. The van der Waals surface area contributed by atoms with Gasteiger partial charge in [0.1, 0.15) is 0 Å². The Bertz CT molecular complexity index is 513. The van der Waals surface area contributed by atoms with Crippen LogP contribution in [0.25, 0.3) is 0 Å². The minimum Gasteiger partial charge on any atom is -0.336 e. The van der Waals surface area contributed by atoms with Gasteiger partial charge in [-0.25, -0.2) is 4.79 Å². The predicted octanol–water partition coefficient (Wildman–Crippen LogP) is 2.49. The number of benzene rings is 1. The Morgan fingerprint density at radius 1 is 1.27 bits per heavy atom. The number of likely N-dealkylation sites (N-methyl/N-ethyl adjacent to an activating group) is 1. The van der Waals surface area contributed by atoms with Crippen LogP contribution in [0.5, 0.6) is 0 Å². The van der Waals surface area contributed by atoms with E-state index < -0.39 is 0 Å². The number of rotatable bonds is 4. The van der Waals surface area contributed by atoms with E-state index in [1.165, 1.54) is 0 Å². The maximum Gasteiger partial charge on any atom is 0.319 e. The Kier molecular flexibility index (Phi) is 5.67. The number of nitrogens with one attached hydrogen (secondary N) is 2. The van der Waals surface area contributed by atoms with Crippen LogP contribution in [0.2, 0.25) is 5.02 Å². The third kappa shape index (κ3) is 4.87. The highest BCUT2D eigenvalue weighted by atomic mass is 35.5. The van der Waals surface area contributed by atoms with Crippen LogP contribution < -0.4 is 10.6 Å². The highest BCUT2D eigenvalue weighted by Gasteiger charge is 2.29. The van der Waals surface area contributed by atoms with Crippen LogP contribution in [-0.4, -0.2) is 61.1 Å². The van der Waals surface area contributed by atoms with Gasteiger partial charge in [-0.2, -0.15) is 0 Å². The van der Waals surface area contributed by atoms with Gasteiger partial charge in [-0.3, -0.25) is 4.90 Å². The molecule has 1 heterocycles. The smallest absolute Gasteiger partial charge is 0.319 e. The zero-order chi connectivity index (χ0) is 16.2. The third-order valence-electron chi connectivity index (χ3n) is 4.12. The maximum atomic E-state index is 12.0. The average Bonchev–Trinajstić information content (AvgIpc) is 2.46. The summed E-state index contributed by atoms with van der Waals surface area (Å²) in [5.74, 6) is 0. The maximum absolute atomic E-state index is 12.0. The summed E-state index contributed by atoms with van der Waals surface area (Å²) in [6, 6.07) is 6.93. The zero-order valence-corrected chi connectivity index (χ0v) is 14.3. The molecule has 0 unspecified atom stereocenters. The van der Waals surface area contributed by atoms with Crippen LogP contribution in [0.1, 0.15) is 13.8 Å². The fourth-order valence-electron chi connectivity index (χ4n) is 2.56. The topological polar surface area (TPSA) is 47.6 Å².